The van der Waals surface area contributed by atoms with Crippen molar-refractivity contribution in [2.45, 2.75) is 19.4 Å². The van der Waals surface area contributed by atoms with Crippen LogP contribution in [0.25, 0.3) is 22.3 Å². The first-order valence-electron chi connectivity index (χ1n) is 11.1. The molecule has 36 heavy (non-hydrogen) atoms. The summed E-state index contributed by atoms with van der Waals surface area (Å²) in [6.45, 7) is 2.90. The normalized spacial score (nSPS) is 14.5. The molecule has 11 heteroatoms. The van der Waals surface area contributed by atoms with Gasteiger partial charge in [-0.2, -0.15) is 5.10 Å². The second kappa shape index (κ2) is 9.44. The Kier molecular flexibility index (Phi) is 6.17. The summed E-state index contributed by atoms with van der Waals surface area (Å²) in [5.41, 5.74) is 10.7. The first kappa shape index (κ1) is 23.5. The Morgan fingerprint density at radius 3 is 2.67 bits per heavy atom. The minimum Gasteiger partial charge on any atom is -0.382 e. The monoisotopic (exact) mass is 492 g/mol. The second-order valence-corrected chi connectivity index (χ2v) is 8.37. The molecule has 0 saturated carbocycles. The quantitative estimate of drug-likeness (QED) is 0.389. The molecule has 1 atom stereocenters. The highest BCUT2D eigenvalue weighted by atomic mass is 19.1. The van der Waals surface area contributed by atoms with Crippen LogP contribution in [0, 0.1) is 18.6 Å². The Labute approximate surface area is 204 Å². The number of carbonyl (C=O) groups excluding carboxylic acids is 1. The fraction of sp³-hybridized carbons (Fsp3) is 0.200. The maximum absolute atomic E-state index is 13.5. The number of anilines is 2. The standard InChI is InChI=1S/C25H22F2N6O3/c1-13-8-18(31-25(35)23(34)15-9-16(26)11-17(27)10-15)2-3-19(13)33-22-21(29-12-30-24(22)28)20(32-33)14-4-6-36-7-5-14/h2-4,8-12,23,34H,5-7H2,1H3,(H,31,35)(H2,28,29,30)/t23-/m1/s1. The predicted octanol–water partition coefficient (Wildman–Crippen LogP) is 3.46. The van der Waals surface area contributed by atoms with E-state index in [1.807, 2.05) is 13.0 Å². The third-order valence-corrected chi connectivity index (χ3v) is 5.90. The van der Waals surface area contributed by atoms with Crippen molar-refractivity contribution in [3.63, 3.8) is 0 Å². The van der Waals surface area contributed by atoms with E-state index in [2.05, 4.69) is 15.3 Å². The van der Waals surface area contributed by atoms with Crippen LogP contribution in [-0.2, 0) is 9.53 Å². The number of aliphatic hydroxyl groups is 1. The summed E-state index contributed by atoms with van der Waals surface area (Å²) in [7, 11) is 0. The summed E-state index contributed by atoms with van der Waals surface area (Å²) in [4.78, 5) is 21.1. The van der Waals surface area contributed by atoms with Crippen LogP contribution in [0.15, 0.2) is 48.8 Å². The molecule has 0 spiro atoms. The number of aliphatic hydroxyl groups excluding tert-OH is 1. The Bertz CT molecular complexity index is 1500. The number of hydrogen-bond acceptors (Lipinski definition) is 7. The van der Waals surface area contributed by atoms with Crippen molar-refractivity contribution in [3.8, 4) is 5.69 Å². The zero-order valence-corrected chi connectivity index (χ0v) is 19.2. The van der Waals surface area contributed by atoms with E-state index < -0.39 is 23.6 Å². The number of benzene rings is 2. The van der Waals surface area contributed by atoms with Crippen molar-refractivity contribution in [2.75, 3.05) is 24.3 Å². The summed E-state index contributed by atoms with van der Waals surface area (Å²) < 4.78 is 34.0. The molecule has 0 radical (unpaired) electrons. The van der Waals surface area contributed by atoms with Crippen LogP contribution >= 0.6 is 0 Å². The van der Waals surface area contributed by atoms with Crippen molar-refractivity contribution in [3.05, 3.63) is 77.3 Å². The van der Waals surface area contributed by atoms with Crippen molar-refractivity contribution in [1.82, 2.24) is 19.7 Å². The lowest BCUT2D eigenvalue weighted by Crippen LogP contribution is -2.21. The third kappa shape index (κ3) is 4.41. The number of nitrogens with zero attached hydrogens (tertiary/aromatic N) is 4. The number of fused-ring (bicyclic) bond motifs is 1. The van der Waals surface area contributed by atoms with Gasteiger partial charge in [0.05, 0.1) is 18.9 Å². The summed E-state index contributed by atoms with van der Waals surface area (Å²) in [6.07, 6.45) is 2.30. The van der Waals surface area contributed by atoms with Crippen molar-refractivity contribution in [1.29, 1.82) is 0 Å². The van der Waals surface area contributed by atoms with Gasteiger partial charge in [0.2, 0.25) is 0 Å². The first-order valence-corrected chi connectivity index (χ1v) is 11.1. The van der Waals surface area contributed by atoms with E-state index >= 15 is 0 Å². The number of ether oxygens (including phenoxy) is 1. The molecule has 0 bridgehead atoms. The summed E-state index contributed by atoms with van der Waals surface area (Å²) in [5.74, 6) is -2.33. The first-order chi connectivity index (χ1) is 17.3. The SMILES string of the molecule is Cc1cc(NC(=O)[C@H](O)c2cc(F)cc(F)c2)ccc1-n1nc(C2=CCOCC2)c2ncnc(N)c21. The van der Waals surface area contributed by atoms with Gasteiger partial charge in [-0.05, 0) is 60.4 Å². The van der Waals surface area contributed by atoms with Crippen molar-refractivity contribution < 1.29 is 23.4 Å². The summed E-state index contributed by atoms with van der Waals surface area (Å²) in [6, 6.07) is 7.52. The van der Waals surface area contributed by atoms with E-state index in [1.54, 1.807) is 22.9 Å². The van der Waals surface area contributed by atoms with Crippen molar-refractivity contribution >= 4 is 34.0 Å². The van der Waals surface area contributed by atoms with Crippen LogP contribution in [0.2, 0.25) is 0 Å². The van der Waals surface area contributed by atoms with Gasteiger partial charge in [-0.25, -0.2) is 23.4 Å². The van der Waals surface area contributed by atoms with E-state index in [1.165, 1.54) is 6.33 Å². The summed E-state index contributed by atoms with van der Waals surface area (Å²) >= 11 is 0. The zero-order chi connectivity index (χ0) is 25.4. The Morgan fingerprint density at radius 2 is 1.97 bits per heavy atom. The van der Waals surface area contributed by atoms with E-state index in [0.717, 1.165) is 23.3 Å². The van der Waals surface area contributed by atoms with E-state index in [4.69, 9.17) is 15.6 Å². The molecule has 3 heterocycles. The van der Waals surface area contributed by atoms with Crippen LogP contribution in [0.4, 0.5) is 20.3 Å². The number of aryl methyl sites for hydroxylation is 1. The lowest BCUT2D eigenvalue weighted by Gasteiger charge is -2.14. The van der Waals surface area contributed by atoms with E-state index in [9.17, 15) is 18.7 Å². The molecule has 5 rings (SSSR count). The molecular formula is C25H22F2N6O3. The lowest BCUT2D eigenvalue weighted by atomic mass is 10.1. The highest BCUT2D eigenvalue weighted by Crippen LogP contribution is 2.32. The zero-order valence-electron chi connectivity index (χ0n) is 19.2. The molecule has 0 unspecified atom stereocenters. The maximum atomic E-state index is 13.5. The minimum absolute atomic E-state index is 0.188. The number of hydrogen-bond donors (Lipinski definition) is 3. The fourth-order valence-electron chi connectivity index (χ4n) is 4.17. The molecule has 1 amide bonds. The van der Waals surface area contributed by atoms with Crippen LogP contribution in [-0.4, -0.2) is 44.0 Å². The fourth-order valence-corrected chi connectivity index (χ4v) is 4.17. The number of amides is 1. The average molecular weight is 492 g/mol. The van der Waals surface area contributed by atoms with Gasteiger partial charge < -0.3 is 20.9 Å². The van der Waals surface area contributed by atoms with E-state index in [-0.39, 0.29) is 11.4 Å². The molecule has 4 aromatic rings. The van der Waals surface area contributed by atoms with Gasteiger partial charge in [0.15, 0.2) is 11.9 Å². The highest BCUT2D eigenvalue weighted by molar-refractivity contribution is 5.96. The minimum atomic E-state index is -1.75. The van der Waals surface area contributed by atoms with Crippen molar-refractivity contribution in [2.24, 2.45) is 0 Å². The van der Waals surface area contributed by atoms with Gasteiger partial charge >= 0.3 is 0 Å². The maximum Gasteiger partial charge on any atom is 0.257 e. The van der Waals surface area contributed by atoms with Crippen LogP contribution < -0.4 is 11.1 Å². The summed E-state index contributed by atoms with van der Waals surface area (Å²) in [5, 5.41) is 17.6. The molecule has 0 fully saturated rings. The molecule has 2 aromatic heterocycles. The molecular weight excluding hydrogens is 470 g/mol. The average Bonchev–Trinajstić information content (AvgIpc) is 3.24. The number of nitrogen functional groups attached to an aromatic ring is 1. The number of aromatic nitrogens is 4. The topological polar surface area (TPSA) is 128 Å². The second-order valence-electron chi connectivity index (χ2n) is 8.37. The number of carbonyl (C=O) groups is 1. The van der Waals surface area contributed by atoms with Crippen LogP contribution in [0.5, 0.6) is 0 Å². The molecule has 1 aliphatic heterocycles. The molecule has 0 aliphatic carbocycles. The highest BCUT2D eigenvalue weighted by Gasteiger charge is 2.22. The number of halogens is 2. The number of nitrogens with two attached hydrogens (primary N) is 1. The van der Waals surface area contributed by atoms with Gasteiger partial charge in [-0.3, -0.25) is 4.79 Å². The molecule has 4 N–H and O–H groups in total. The molecule has 184 valence electrons. The molecule has 9 nitrogen and oxygen atoms in total. The Balaban J connectivity index is 1.47. The number of rotatable bonds is 5. The van der Waals surface area contributed by atoms with Crippen LogP contribution in [0.3, 0.4) is 0 Å². The van der Waals surface area contributed by atoms with Crippen LogP contribution in [0.1, 0.15) is 29.3 Å². The van der Waals surface area contributed by atoms with Gasteiger partial charge in [0.1, 0.15) is 34.7 Å². The third-order valence-electron chi connectivity index (χ3n) is 5.90. The number of nitrogens with one attached hydrogen (secondary N) is 1. The Hall–Kier alpha value is -4.22. The van der Waals surface area contributed by atoms with Gasteiger partial charge in [0, 0.05) is 11.8 Å². The molecule has 0 saturated heterocycles. The smallest absolute Gasteiger partial charge is 0.257 e. The van der Waals surface area contributed by atoms with Gasteiger partial charge in [-0.1, -0.05) is 6.08 Å². The van der Waals surface area contributed by atoms with Gasteiger partial charge in [0.25, 0.3) is 5.91 Å². The predicted molar refractivity (Wildman–Crippen MR) is 129 cm³/mol. The molecule has 2 aromatic carbocycles. The molecule has 1 aliphatic rings. The van der Waals surface area contributed by atoms with Gasteiger partial charge in [-0.15, -0.1) is 0 Å². The lowest BCUT2D eigenvalue weighted by molar-refractivity contribution is -0.124. The van der Waals surface area contributed by atoms with E-state index in [0.29, 0.717) is 53.8 Å². The Morgan fingerprint density at radius 1 is 1.19 bits per heavy atom. The largest absolute Gasteiger partial charge is 0.382 e.